The standard InChI is InChI=1S/C27H21N5/c28-15-20-8-10-21(11-9-20)17-32-27(23-5-1-4-22(14-23)16-29)26(24-6-2-12-30-18-24)25-7-3-13-31-19-25/h1-14,18-19,26-27,32H,17H2. The third kappa shape index (κ3) is 4.87. The van der Waals surface area contributed by atoms with E-state index in [0.29, 0.717) is 17.7 Å². The van der Waals surface area contributed by atoms with E-state index >= 15 is 0 Å². The second-order valence-corrected chi connectivity index (χ2v) is 7.45. The molecule has 5 heteroatoms. The van der Waals surface area contributed by atoms with Gasteiger partial charge < -0.3 is 5.32 Å². The Labute approximate surface area is 187 Å². The van der Waals surface area contributed by atoms with Gasteiger partial charge in [0, 0.05) is 43.3 Å². The van der Waals surface area contributed by atoms with Gasteiger partial charge in [0.2, 0.25) is 0 Å². The molecule has 0 bridgehead atoms. The molecule has 2 aromatic carbocycles. The molecule has 1 N–H and O–H groups in total. The average Bonchev–Trinajstić information content (AvgIpc) is 2.88. The van der Waals surface area contributed by atoms with Gasteiger partial charge in [0.25, 0.3) is 0 Å². The average molecular weight is 416 g/mol. The number of pyridine rings is 2. The Balaban J connectivity index is 1.76. The Kier molecular flexibility index (Phi) is 6.63. The van der Waals surface area contributed by atoms with E-state index in [1.807, 2.05) is 73.1 Å². The molecule has 0 aliphatic rings. The molecular formula is C27H21N5. The molecule has 0 fully saturated rings. The molecule has 0 spiro atoms. The minimum absolute atomic E-state index is 0.0651. The number of nitrogens with one attached hydrogen (secondary N) is 1. The Morgan fingerprint density at radius 1 is 0.719 bits per heavy atom. The zero-order valence-electron chi connectivity index (χ0n) is 17.4. The first-order valence-corrected chi connectivity index (χ1v) is 10.3. The molecule has 0 saturated heterocycles. The van der Waals surface area contributed by atoms with Crippen LogP contribution in [-0.4, -0.2) is 9.97 Å². The summed E-state index contributed by atoms with van der Waals surface area (Å²) in [6.07, 6.45) is 7.28. The van der Waals surface area contributed by atoms with Crippen LogP contribution >= 0.6 is 0 Å². The summed E-state index contributed by atoms with van der Waals surface area (Å²) in [5.74, 6) is -0.0651. The zero-order chi connectivity index (χ0) is 22.2. The minimum Gasteiger partial charge on any atom is -0.305 e. The first kappa shape index (κ1) is 20.9. The van der Waals surface area contributed by atoms with Gasteiger partial charge in [0.15, 0.2) is 0 Å². The second kappa shape index (κ2) is 10.1. The number of nitriles is 2. The molecule has 4 aromatic rings. The van der Waals surface area contributed by atoms with E-state index in [2.05, 4.69) is 39.6 Å². The minimum atomic E-state index is -0.132. The second-order valence-electron chi connectivity index (χ2n) is 7.45. The van der Waals surface area contributed by atoms with E-state index in [1.165, 1.54) is 0 Å². The van der Waals surface area contributed by atoms with Gasteiger partial charge in [-0.1, -0.05) is 36.4 Å². The van der Waals surface area contributed by atoms with E-state index in [0.717, 1.165) is 22.3 Å². The van der Waals surface area contributed by atoms with Gasteiger partial charge in [-0.05, 0) is 58.7 Å². The summed E-state index contributed by atoms with van der Waals surface area (Å²) in [4.78, 5) is 8.69. The van der Waals surface area contributed by atoms with Gasteiger partial charge in [0.05, 0.1) is 23.3 Å². The Morgan fingerprint density at radius 2 is 1.34 bits per heavy atom. The smallest absolute Gasteiger partial charge is 0.0991 e. The maximum atomic E-state index is 9.46. The van der Waals surface area contributed by atoms with Crippen molar-refractivity contribution in [2.45, 2.75) is 18.5 Å². The zero-order valence-corrected chi connectivity index (χ0v) is 17.4. The van der Waals surface area contributed by atoms with E-state index < -0.39 is 0 Å². The van der Waals surface area contributed by atoms with E-state index in [-0.39, 0.29) is 12.0 Å². The van der Waals surface area contributed by atoms with Crippen molar-refractivity contribution in [2.24, 2.45) is 0 Å². The fraction of sp³-hybridized carbons (Fsp3) is 0.111. The van der Waals surface area contributed by atoms with E-state index in [4.69, 9.17) is 5.26 Å². The molecule has 0 saturated carbocycles. The molecule has 2 aromatic heterocycles. The molecule has 32 heavy (non-hydrogen) atoms. The predicted octanol–water partition coefficient (Wildman–Crippen LogP) is 4.88. The van der Waals surface area contributed by atoms with Crippen molar-refractivity contribution in [1.29, 1.82) is 10.5 Å². The van der Waals surface area contributed by atoms with Gasteiger partial charge in [0.1, 0.15) is 0 Å². The van der Waals surface area contributed by atoms with Crippen LogP contribution < -0.4 is 5.32 Å². The van der Waals surface area contributed by atoms with Crippen molar-refractivity contribution in [3.8, 4) is 12.1 Å². The highest BCUT2D eigenvalue weighted by Gasteiger charge is 2.27. The van der Waals surface area contributed by atoms with Crippen LogP contribution in [0, 0.1) is 22.7 Å². The maximum absolute atomic E-state index is 9.46. The first-order chi connectivity index (χ1) is 15.8. The van der Waals surface area contributed by atoms with Crippen molar-refractivity contribution in [3.63, 3.8) is 0 Å². The molecule has 154 valence electrons. The number of hydrogen-bond donors (Lipinski definition) is 1. The number of rotatable bonds is 7. The number of hydrogen-bond acceptors (Lipinski definition) is 5. The van der Waals surface area contributed by atoms with Crippen LogP contribution in [0.4, 0.5) is 0 Å². The third-order valence-corrected chi connectivity index (χ3v) is 5.40. The SMILES string of the molecule is N#Cc1ccc(CNC(c2cccc(C#N)c2)C(c2cccnc2)c2cccnc2)cc1. The maximum Gasteiger partial charge on any atom is 0.0991 e. The number of nitrogens with zero attached hydrogens (tertiary/aromatic N) is 4. The van der Waals surface area contributed by atoms with Crippen molar-refractivity contribution < 1.29 is 0 Å². The van der Waals surface area contributed by atoms with Crippen molar-refractivity contribution in [3.05, 3.63) is 131 Å². The lowest BCUT2D eigenvalue weighted by Gasteiger charge is -2.29. The quantitative estimate of drug-likeness (QED) is 0.465. The van der Waals surface area contributed by atoms with E-state index in [1.54, 1.807) is 12.4 Å². The molecule has 0 amide bonds. The molecule has 2 heterocycles. The fourth-order valence-electron chi connectivity index (χ4n) is 3.85. The van der Waals surface area contributed by atoms with Crippen LogP contribution in [-0.2, 0) is 6.54 Å². The van der Waals surface area contributed by atoms with Crippen LogP contribution in [0.3, 0.4) is 0 Å². The lowest BCUT2D eigenvalue weighted by molar-refractivity contribution is 0.481. The van der Waals surface area contributed by atoms with Crippen molar-refractivity contribution in [1.82, 2.24) is 15.3 Å². The summed E-state index contributed by atoms with van der Waals surface area (Å²) in [5.41, 5.74) is 5.44. The Hall–Kier alpha value is -4.32. The Morgan fingerprint density at radius 3 is 1.91 bits per heavy atom. The summed E-state index contributed by atoms with van der Waals surface area (Å²) in [7, 11) is 0. The van der Waals surface area contributed by atoms with Crippen LogP contribution in [0.2, 0.25) is 0 Å². The van der Waals surface area contributed by atoms with Gasteiger partial charge in [-0.25, -0.2) is 0 Å². The highest BCUT2D eigenvalue weighted by atomic mass is 14.9. The summed E-state index contributed by atoms with van der Waals surface area (Å²) in [5, 5.41) is 22.2. The molecule has 1 unspecified atom stereocenters. The van der Waals surface area contributed by atoms with Crippen molar-refractivity contribution >= 4 is 0 Å². The highest BCUT2D eigenvalue weighted by Crippen LogP contribution is 2.36. The molecule has 1 atom stereocenters. The molecular weight excluding hydrogens is 394 g/mol. The normalized spacial score (nSPS) is 11.5. The highest BCUT2D eigenvalue weighted by molar-refractivity contribution is 5.40. The van der Waals surface area contributed by atoms with Crippen LogP contribution in [0.25, 0.3) is 0 Å². The fourth-order valence-corrected chi connectivity index (χ4v) is 3.85. The van der Waals surface area contributed by atoms with Crippen molar-refractivity contribution in [2.75, 3.05) is 0 Å². The van der Waals surface area contributed by atoms with Crippen LogP contribution in [0.5, 0.6) is 0 Å². The van der Waals surface area contributed by atoms with Gasteiger partial charge in [-0.15, -0.1) is 0 Å². The van der Waals surface area contributed by atoms with Gasteiger partial charge in [-0.2, -0.15) is 10.5 Å². The molecule has 0 aliphatic carbocycles. The lowest BCUT2D eigenvalue weighted by Crippen LogP contribution is -2.28. The van der Waals surface area contributed by atoms with Crippen LogP contribution in [0.15, 0.2) is 97.6 Å². The summed E-state index contributed by atoms with van der Waals surface area (Å²) in [6, 6.07) is 27.5. The molecule has 5 nitrogen and oxygen atoms in total. The Bertz CT molecular complexity index is 1200. The third-order valence-electron chi connectivity index (χ3n) is 5.40. The molecule has 4 rings (SSSR count). The van der Waals surface area contributed by atoms with Crippen LogP contribution in [0.1, 0.15) is 45.3 Å². The first-order valence-electron chi connectivity index (χ1n) is 10.3. The monoisotopic (exact) mass is 415 g/mol. The number of aromatic nitrogens is 2. The summed E-state index contributed by atoms with van der Waals surface area (Å²) >= 11 is 0. The number of benzene rings is 2. The summed E-state index contributed by atoms with van der Waals surface area (Å²) < 4.78 is 0. The predicted molar refractivity (Wildman–Crippen MR) is 122 cm³/mol. The van der Waals surface area contributed by atoms with Gasteiger partial charge in [-0.3, -0.25) is 9.97 Å². The largest absolute Gasteiger partial charge is 0.305 e. The van der Waals surface area contributed by atoms with Gasteiger partial charge >= 0.3 is 0 Å². The van der Waals surface area contributed by atoms with E-state index in [9.17, 15) is 5.26 Å². The summed E-state index contributed by atoms with van der Waals surface area (Å²) in [6.45, 7) is 0.601. The lowest BCUT2D eigenvalue weighted by atomic mass is 9.82. The molecule has 0 radical (unpaired) electrons. The molecule has 0 aliphatic heterocycles. The topological polar surface area (TPSA) is 85.4 Å².